The first-order valence-corrected chi connectivity index (χ1v) is 18.3. The molecule has 278 valence electrons. The number of carbonyl (C=O) groups excluding carboxylic acids is 2. The Balaban J connectivity index is 1.13. The lowest BCUT2D eigenvalue weighted by Crippen LogP contribution is -2.45. The molecule has 1 saturated carbocycles. The summed E-state index contributed by atoms with van der Waals surface area (Å²) in [5.74, 6) is -0.416. The smallest absolute Gasteiger partial charge is 0.410 e. The summed E-state index contributed by atoms with van der Waals surface area (Å²) in [6.45, 7) is 10.1. The number of alkyl halides is 3. The number of sulfonamides is 1. The van der Waals surface area contributed by atoms with E-state index in [1.54, 1.807) is 11.0 Å². The first-order valence-electron chi connectivity index (χ1n) is 16.4. The van der Waals surface area contributed by atoms with Crippen molar-refractivity contribution in [1.82, 2.24) is 29.4 Å². The van der Waals surface area contributed by atoms with Crippen LogP contribution in [0, 0.1) is 11.3 Å². The van der Waals surface area contributed by atoms with Crippen molar-refractivity contribution in [3.05, 3.63) is 53.3 Å². The van der Waals surface area contributed by atoms with Crippen LogP contribution in [0.15, 0.2) is 47.6 Å². The third-order valence-corrected chi connectivity index (χ3v) is 10.2. The van der Waals surface area contributed by atoms with Crippen LogP contribution < -0.4 is 14.8 Å². The summed E-state index contributed by atoms with van der Waals surface area (Å²) in [6, 6.07) is 8.29. The second-order valence-corrected chi connectivity index (χ2v) is 16.5. The number of pyridine rings is 2. The Bertz CT molecular complexity index is 1880. The fraction of sp³-hybridized carbons (Fsp3) is 0.545. The Kier molecular flexibility index (Phi) is 10.6. The minimum absolute atomic E-state index is 0.00866. The van der Waals surface area contributed by atoms with Crippen LogP contribution in [0.1, 0.15) is 77.1 Å². The third kappa shape index (κ3) is 9.22. The van der Waals surface area contributed by atoms with Crippen molar-refractivity contribution in [3.8, 4) is 11.7 Å². The van der Waals surface area contributed by atoms with E-state index in [0.717, 1.165) is 19.3 Å². The lowest BCUT2D eigenvalue weighted by atomic mass is 9.93. The highest BCUT2D eigenvalue weighted by molar-refractivity contribution is 7.90. The minimum atomic E-state index is -4.41. The van der Waals surface area contributed by atoms with Gasteiger partial charge in [0.1, 0.15) is 28.6 Å². The van der Waals surface area contributed by atoms with E-state index in [9.17, 15) is 31.2 Å². The monoisotopic (exact) mass is 755 g/mol. The molecule has 13 nitrogen and oxygen atoms in total. The number of nitrogens with one attached hydrogen (secondary N) is 2. The maximum Gasteiger partial charge on any atom is 0.410 e. The first-order chi connectivity index (χ1) is 23.7. The Morgan fingerprint density at radius 3 is 2.45 bits per heavy atom. The highest BCUT2D eigenvalue weighted by Gasteiger charge is 2.64. The van der Waals surface area contributed by atoms with E-state index in [1.165, 1.54) is 41.2 Å². The van der Waals surface area contributed by atoms with Crippen LogP contribution in [-0.4, -0.2) is 82.1 Å². The highest BCUT2D eigenvalue weighted by Crippen LogP contribution is 2.57. The van der Waals surface area contributed by atoms with Gasteiger partial charge in [0.15, 0.2) is 10.8 Å². The second-order valence-electron chi connectivity index (χ2n) is 14.5. The Morgan fingerprint density at radius 2 is 1.80 bits per heavy atom. The quantitative estimate of drug-likeness (QED) is 0.157. The van der Waals surface area contributed by atoms with Gasteiger partial charge in [-0.25, -0.2) is 24.2 Å². The molecule has 1 saturated heterocycles. The molecular weight excluding hydrogens is 715 g/mol. The molecule has 2 aliphatic rings. The van der Waals surface area contributed by atoms with Crippen molar-refractivity contribution < 1.29 is 40.7 Å². The molecule has 3 aromatic heterocycles. The summed E-state index contributed by atoms with van der Waals surface area (Å²) >= 11 is 6.23. The molecule has 18 heteroatoms. The molecule has 2 fully saturated rings. The molecule has 3 aromatic rings. The fourth-order valence-electron chi connectivity index (χ4n) is 5.82. The average Bonchev–Trinajstić information content (AvgIpc) is 3.57. The summed E-state index contributed by atoms with van der Waals surface area (Å²) < 4.78 is 79.7. The van der Waals surface area contributed by atoms with Gasteiger partial charge in [0, 0.05) is 30.9 Å². The van der Waals surface area contributed by atoms with Crippen molar-refractivity contribution in [3.63, 3.8) is 0 Å². The molecule has 0 radical (unpaired) electrons. The number of hydrogen-bond donors (Lipinski definition) is 2. The van der Waals surface area contributed by atoms with E-state index in [-0.39, 0.29) is 52.8 Å². The summed E-state index contributed by atoms with van der Waals surface area (Å²) in [5, 5.41) is 6.45. The maximum absolute atomic E-state index is 13.2. The van der Waals surface area contributed by atoms with Gasteiger partial charge in [-0.2, -0.15) is 21.6 Å². The zero-order valence-electron chi connectivity index (χ0n) is 28.9. The lowest BCUT2D eigenvalue weighted by molar-refractivity contribution is -0.194. The Morgan fingerprint density at radius 1 is 1.08 bits per heavy atom. The lowest BCUT2D eigenvalue weighted by Gasteiger charge is -2.33. The molecule has 5 rings (SSSR count). The van der Waals surface area contributed by atoms with Crippen molar-refractivity contribution in [2.45, 2.75) is 89.1 Å². The predicted octanol–water partition coefficient (Wildman–Crippen LogP) is 6.38. The number of rotatable bonds is 12. The zero-order valence-corrected chi connectivity index (χ0v) is 30.5. The largest absolute Gasteiger partial charge is 0.476 e. The molecule has 2 amide bonds. The maximum atomic E-state index is 13.2. The average molecular weight is 756 g/mol. The number of amides is 2. The van der Waals surface area contributed by atoms with Crippen LogP contribution in [-0.2, 0) is 14.8 Å². The van der Waals surface area contributed by atoms with E-state index in [4.69, 9.17) is 21.1 Å². The van der Waals surface area contributed by atoms with Crippen LogP contribution in [0.25, 0.3) is 5.82 Å². The van der Waals surface area contributed by atoms with Gasteiger partial charge in [0.05, 0.1) is 5.56 Å². The molecule has 2 N–H and O–H groups in total. The Hall–Kier alpha value is -4.12. The summed E-state index contributed by atoms with van der Waals surface area (Å²) in [4.78, 5) is 35.7. The minimum Gasteiger partial charge on any atom is -0.476 e. The summed E-state index contributed by atoms with van der Waals surface area (Å²) in [5.41, 5.74) is -3.02. The van der Waals surface area contributed by atoms with Gasteiger partial charge in [-0.15, -0.1) is 5.10 Å². The standard InChI is InChI=1S/C33H41ClF3N7O6S/c1-30(2,3)50-29(46)43-19-21(18-31(43,4)5)8-7-16-38-23-9-6-10-26(39-23)51(47,48)42-28(45)22-11-12-24(40-27(22)34)44-17-13-25(41-44)49-20-32(14-15-32)33(35,36)37/h6,9-13,17,21H,7-8,14-16,18-20H2,1-5H3,(H,38,39)(H,42,45). The van der Waals surface area contributed by atoms with Crippen LogP contribution in [0.5, 0.6) is 5.88 Å². The van der Waals surface area contributed by atoms with E-state index in [2.05, 4.69) is 20.4 Å². The van der Waals surface area contributed by atoms with Crippen LogP contribution in [0.4, 0.5) is 23.8 Å². The van der Waals surface area contributed by atoms with Gasteiger partial charge >= 0.3 is 12.3 Å². The normalized spacial score (nSPS) is 18.3. The molecule has 1 unspecified atom stereocenters. The van der Waals surface area contributed by atoms with Crippen molar-refractivity contribution in [2.75, 3.05) is 25.0 Å². The van der Waals surface area contributed by atoms with Gasteiger partial charge in [0.2, 0.25) is 5.88 Å². The molecule has 51 heavy (non-hydrogen) atoms. The number of anilines is 1. The van der Waals surface area contributed by atoms with Gasteiger partial charge in [-0.05, 0) is 96.9 Å². The van der Waals surface area contributed by atoms with E-state index in [0.29, 0.717) is 18.9 Å². The third-order valence-electron chi connectivity index (χ3n) is 8.72. The molecule has 0 bridgehead atoms. The van der Waals surface area contributed by atoms with Crippen LogP contribution >= 0.6 is 11.6 Å². The van der Waals surface area contributed by atoms with Crippen molar-refractivity contribution in [2.24, 2.45) is 11.3 Å². The number of ether oxygens (including phenoxy) is 2. The van der Waals surface area contributed by atoms with Gasteiger partial charge in [-0.3, -0.25) is 4.79 Å². The Labute approximate surface area is 299 Å². The number of hydrogen-bond acceptors (Lipinski definition) is 10. The number of likely N-dealkylation sites (tertiary alicyclic amines) is 1. The molecule has 1 atom stereocenters. The highest BCUT2D eigenvalue weighted by atomic mass is 35.5. The van der Waals surface area contributed by atoms with E-state index in [1.807, 2.05) is 39.3 Å². The SMILES string of the molecule is CC(C)(C)OC(=O)N1CC(CCCNc2cccc(S(=O)(=O)NC(=O)c3ccc(-n4ccc(OCC5(C(F)(F)F)CC5)n4)nc3Cl)n2)CC1(C)C. The van der Waals surface area contributed by atoms with Crippen molar-refractivity contribution >= 4 is 39.4 Å². The summed E-state index contributed by atoms with van der Waals surface area (Å²) in [6.07, 6.45) is -0.918. The fourth-order valence-corrected chi connectivity index (χ4v) is 6.99. The van der Waals surface area contributed by atoms with Gasteiger partial charge in [0.25, 0.3) is 15.9 Å². The first kappa shape index (κ1) is 38.1. The predicted molar refractivity (Wildman–Crippen MR) is 181 cm³/mol. The molecule has 0 spiro atoms. The number of aromatic nitrogens is 4. The van der Waals surface area contributed by atoms with Gasteiger partial charge < -0.3 is 19.7 Å². The molecule has 1 aliphatic heterocycles. The molecule has 4 heterocycles. The number of halogens is 4. The second kappa shape index (κ2) is 14.1. The van der Waals surface area contributed by atoms with Crippen molar-refractivity contribution in [1.29, 1.82) is 0 Å². The van der Waals surface area contributed by atoms with Gasteiger partial charge in [-0.1, -0.05) is 17.7 Å². The molecule has 1 aliphatic carbocycles. The van der Waals surface area contributed by atoms with Crippen LogP contribution in [0.2, 0.25) is 5.15 Å². The zero-order chi connectivity index (χ0) is 37.4. The van der Waals surface area contributed by atoms with Crippen LogP contribution in [0.3, 0.4) is 0 Å². The van der Waals surface area contributed by atoms with E-state index < -0.39 is 44.8 Å². The molecule has 0 aromatic carbocycles. The number of carbonyl (C=O) groups is 2. The molecular formula is C33H41ClF3N7O6S. The van der Waals surface area contributed by atoms with E-state index >= 15 is 0 Å². The summed E-state index contributed by atoms with van der Waals surface area (Å²) in [7, 11) is -4.41. The topological polar surface area (TPSA) is 158 Å². The number of nitrogens with zero attached hydrogens (tertiary/aromatic N) is 5.